The van der Waals surface area contributed by atoms with Crippen molar-refractivity contribution in [1.29, 1.82) is 0 Å². The molecule has 118 valence electrons. The molecule has 3 heteroatoms. The van der Waals surface area contributed by atoms with Crippen molar-refractivity contribution in [1.82, 2.24) is 9.80 Å². The van der Waals surface area contributed by atoms with Gasteiger partial charge in [0.1, 0.15) is 0 Å². The van der Waals surface area contributed by atoms with Gasteiger partial charge in [0.25, 0.3) is 0 Å². The van der Waals surface area contributed by atoms with E-state index in [1.807, 2.05) is 27.7 Å². The molecule has 0 aromatic carbocycles. The van der Waals surface area contributed by atoms with Crippen LogP contribution in [0.15, 0.2) is 0 Å². The first-order chi connectivity index (χ1) is 9.29. The number of likely N-dealkylation sites (N-methyl/N-ethyl adjacent to an activating group) is 1. The largest absolute Gasteiger partial charge is 0.328 e. The van der Waals surface area contributed by atoms with Crippen LogP contribution >= 0.6 is 0 Å². The average Bonchev–Trinajstić information content (AvgIpc) is 2.52. The van der Waals surface area contributed by atoms with E-state index in [1.54, 1.807) is 0 Å². The first-order valence-electron chi connectivity index (χ1n) is 8.51. The molecule has 3 nitrogen and oxygen atoms in total. The summed E-state index contributed by atoms with van der Waals surface area (Å²) in [7, 11) is 0. The second-order valence-electron chi connectivity index (χ2n) is 5.04. The number of nitrogens with zero attached hydrogens (tertiary/aromatic N) is 2. The molecule has 0 spiro atoms. The summed E-state index contributed by atoms with van der Waals surface area (Å²) in [6.07, 6.45) is 5.12. The molecular weight excluding hydrogens is 234 g/mol. The highest BCUT2D eigenvalue weighted by Gasteiger charge is 2.26. The van der Waals surface area contributed by atoms with Gasteiger partial charge in [0.2, 0.25) is 0 Å². The van der Waals surface area contributed by atoms with Crippen LogP contribution < -0.4 is 5.73 Å². The molecule has 2 fully saturated rings. The maximum absolute atomic E-state index is 5.94. The SMILES string of the molecule is CC.CC.CCN1CCN(C2CCC(N)CC2)CC1.[HH]. The van der Waals surface area contributed by atoms with Crippen molar-refractivity contribution in [3.05, 3.63) is 0 Å². The molecule has 0 aromatic rings. The average molecular weight is 274 g/mol. The molecular formula is C16H39N3. The van der Waals surface area contributed by atoms with Crippen molar-refractivity contribution >= 4 is 0 Å². The van der Waals surface area contributed by atoms with E-state index in [1.165, 1.54) is 58.4 Å². The lowest BCUT2D eigenvalue weighted by Gasteiger charge is -2.41. The van der Waals surface area contributed by atoms with Gasteiger partial charge in [-0.05, 0) is 32.2 Å². The summed E-state index contributed by atoms with van der Waals surface area (Å²) in [5.74, 6) is 0. The van der Waals surface area contributed by atoms with E-state index in [0.717, 1.165) is 6.04 Å². The van der Waals surface area contributed by atoms with Gasteiger partial charge >= 0.3 is 0 Å². The molecule has 0 atom stereocenters. The quantitative estimate of drug-likeness (QED) is 0.838. The van der Waals surface area contributed by atoms with E-state index in [-0.39, 0.29) is 1.43 Å². The predicted octanol–water partition coefficient (Wildman–Crippen LogP) is 3.19. The van der Waals surface area contributed by atoms with Gasteiger partial charge in [-0.2, -0.15) is 0 Å². The molecule has 0 radical (unpaired) electrons. The van der Waals surface area contributed by atoms with Gasteiger partial charge in [-0.25, -0.2) is 0 Å². The minimum Gasteiger partial charge on any atom is -0.328 e. The molecule has 1 aliphatic heterocycles. The molecule has 0 aromatic heterocycles. The summed E-state index contributed by atoms with van der Waals surface area (Å²) in [6.45, 7) is 16.5. The predicted molar refractivity (Wildman–Crippen MR) is 88.7 cm³/mol. The monoisotopic (exact) mass is 273 g/mol. The lowest BCUT2D eigenvalue weighted by Crippen LogP contribution is -2.51. The normalized spacial score (nSPS) is 28.7. The van der Waals surface area contributed by atoms with Gasteiger partial charge in [0.05, 0.1) is 0 Å². The molecule has 2 rings (SSSR count). The Labute approximate surface area is 123 Å². The zero-order chi connectivity index (χ0) is 14.7. The Morgan fingerprint density at radius 1 is 0.895 bits per heavy atom. The maximum atomic E-state index is 5.94. The van der Waals surface area contributed by atoms with E-state index in [4.69, 9.17) is 5.73 Å². The summed E-state index contributed by atoms with van der Waals surface area (Å²) < 4.78 is 0. The fourth-order valence-corrected chi connectivity index (χ4v) is 2.91. The van der Waals surface area contributed by atoms with Crippen LogP contribution in [0.1, 0.15) is 61.7 Å². The van der Waals surface area contributed by atoms with Gasteiger partial charge in [-0.15, -0.1) is 0 Å². The Kier molecular flexibility index (Phi) is 11.6. The highest BCUT2D eigenvalue weighted by atomic mass is 15.3. The van der Waals surface area contributed by atoms with Crippen molar-refractivity contribution in [2.75, 3.05) is 32.7 Å². The smallest absolute Gasteiger partial charge is 0.0113 e. The molecule has 0 unspecified atom stereocenters. The first-order valence-corrected chi connectivity index (χ1v) is 8.51. The van der Waals surface area contributed by atoms with Crippen molar-refractivity contribution in [2.24, 2.45) is 5.73 Å². The minimum atomic E-state index is 0. The van der Waals surface area contributed by atoms with Crippen LogP contribution in [0.4, 0.5) is 0 Å². The summed E-state index contributed by atoms with van der Waals surface area (Å²) in [5.41, 5.74) is 5.94. The zero-order valence-corrected chi connectivity index (χ0v) is 14.0. The van der Waals surface area contributed by atoms with Gasteiger partial charge in [-0.3, -0.25) is 4.90 Å². The Bertz CT molecular complexity index is 186. The lowest BCUT2D eigenvalue weighted by molar-refractivity contribution is 0.0790. The standard InChI is InChI=1S/C12H25N3.2C2H6.H2/c1-2-14-7-9-15(10-8-14)12-5-3-11(13)4-6-12;2*1-2;/h11-12H,2-10,13H2,1H3;2*1-2H3;1H. The number of nitrogens with two attached hydrogens (primary N) is 1. The topological polar surface area (TPSA) is 32.5 Å². The number of hydrogen-bond donors (Lipinski definition) is 1. The highest BCUT2D eigenvalue weighted by Crippen LogP contribution is 2.22. The van der Waals surface area contributed by atoms with Crippen LogP contribution in [0, 0.1) is 0 Å². The highest BCUT2D eigenvalue weighted by molar-refractivity contribution is 4.83. The molecule has 2 N–H and O–H groups in total. The van der Waals surface area contributed by atoms with E-state index in [0.29, 0.717) is 6.04 Å². The third kappa shape index (κ3) is 6.73. The molecule has 1 saturated carbocycles. The Balaban J connectivity index is 0. The van der Waals surface area contributed by atoms with E-state index < -0.39 is 0 Å². The van der Waals surface area contributed by atoms with Crippen LogP contribution in [0.5, 0.6) is 0 Å². The molecule has 1 saturated heterocycles. The zero-order valence-electron chi connectivity index (χ0n) is 14.0. The molecule has 19 heavy (non-hydrogen) atoms. The van der Waals surface area contributed by atoms with Crippen LogP contribution in [-0.2, 0) is 0 Å². The van der Waals surface area contributed by atoms with Gasteiger partial charge < -0.3 is 10.6 Å². The van der Waals surface area contributed by atoms with Gasteiger partial charge in [-0.1, -0.05) is 34.6 Å². The fourth-order valence-electron chi connectivity index (χ4n) is 2.91. The van der Waals surface area contributed by atoms with Crippen molar-refractivity contribution < 1.29 is 1.43 Å². The third-order valence-electron chi connectivity index (χ3n) is 4.11. The van der Waals surface area contributed by atoms with Crippen molar-refractivity contribution in [3.63, 3.8) is 0 Å². The van der Waals surface area contributed by atoms with Crippen LogP contribution in [0.2, 0.25) is 0 Å². The second kappa shape index (κ2) is 11.7. The van der Waals surface area contributed by atoms with Gasteiger partial charge in [0.15, 0.2) is 0 Å². The van der Waals surface area contributed by atoms with E-state index >= 15 is 0 Å². The number of hydrogen-bond acceptors (Lipinski definition) is 3. The summed E-state index contributed by atoms with van der Waals surface area (Å²) in [4.78, 5) is 5.24. The van der Waals surface area contributed by atoms with Crippen LogP contribution in [0.3, 0.4) is 0 Å². The summed E-state index contributed by atoms with van der Waals surface area (Å²) in [5, 5.41) is 0. The maximum Gasteiger partial charge on any atom is 0.0113 e. The Hall–Kier alpha value is -0.120. The van der Waals surface area contributed by atoms with E-state index in [2.05, 4.69) is 16.7 Å². The van der Waals surface area contributed by atoms with Crippen LogP contribution in [-0.4, -0.2) is 54.6 Å². The Morgan fingerprint density at radius 2 is 1.37 bits per heavy atom. The first kappa shape index (κ1) is 18.9. The minimum absolute atomic E-state index is 0. The van der Waals surface area contributed by atoms with E-state index in [9.17, 15) is 0 Å². The molecule has 1 aliphatic carbocycles. The van der Waals surface area contributed by atoms with Gasteiger partial charge in [0, 0.05) is 39.7 Å². The molecule has 0 bridgehead atoms. The summed E-state index contributed by atoms with van der Waals surface area (Å²) in [6, 6.07) is 1.32. The number of rotatable bonds is 2. The third-order valence-corrected chi connectivity index (χ3v) is 4.11. The molecule has 1 heterocycles. The molecule has 2 aliphatic rings. The van der Waals surface area contributed by atoms with Crippen LogP contribution in [0.25, 0.3) is 0 Å². The van der Waals surface area contributed by atoms with Crippen molar-refractivity contribution in [3.8, 4) is 0 Å². The number of piperazine rings is 1. The fraction of sp³-hybridized carbons (Fsp3) is 1.00. The molecule has 0 amide bonds. The summed E-state index contributed by atoms with van der Waals surface area (Å²) >= 11 is 0. The van der Waals surface area contributed by atoms with Crippen molar-refractivity contribution in [2.45, 2.75) is 72.4 Å². The Morgan fingerprint density at radius 3 is 1.79 bits per heavy atom. The lowest BCUT2D eigenvalue weighted by atomic mass is 9.90. The second-order valence-corrected chi connectivity index (χ2v) is 5.04.